The van der Waals surface area contributed by atoms with Gasteiger partial charge < -0.3 is 10.2 Å². The van der Waals surface area contributed by atoms with E-state index in [-0.39, 0.29) is 0 Å². The Labute approximate surface area is 107 Å². The largest absolute Gasteiger partial charge is 0.351 e. The molecule has 2 aromatic heterocycles. The van der Waals surface area contributed by atoms with Crippen LogP contribution in [0.4, 0.5) is 5.82 Å². The molecule has 0 unspecified atom stereocenters. The molecule has 1 aliphatic heterocycles. The first kappa shape index (κ1) is 11.5. The Morgan fingerprint density at radius 2 is 2.28 bits per heavy atom. The molecule has 1 aliphatic rings. The fourth-order valence-corrected chi connectivity index (χ4v) is 2.46. The Kier molecular flexibility index (Phi) is 2.91. The highest BCUT2D eigenvalue weighted by molar-refractivity contribution is 5.53. The van der Waals surface area contributed by atoms with Crippen LogP contribution in [0.15, 0.2) is 18.5 Å². The van der Waals surface area contributed by atoms with E-state index in [1.807, 2.05) is 4.52 Å². The van der Waals surface area contributed by atoms with E-state index in [4.69, 9.17) is 0 Å². The second-order valence-corrected chi connectivity index (χ2v) is 4.93. The SMILES string of the molecule is CCCN(c1cc(C)cc2ncnn12)C1CNC1. The highest BCUT2D eigenvalue weighted by Crippen LogP contribution is 2.21. The molecule has 5 heteroatoms. The molecule has 0 aliphatic carbocycles. The van der Waals surface area contributed by atoms with Crippen LogP contribution in [-0.2, 0) is 0 Å². The van der Waals surface area contributed by atoms with Crippen LogP contribution >= 0.6 is 0 Å². The molecule has 0 saturated carbocycles. The second-order valence-electron chi connectivity index (χ2n) is 4.93. The topological polar surface area (TPSA) is 45.5 Å². The van der Waals surface area contributed by atoms with Gasteiger partial charge in [-0.25, -0.2) is 4.98 Å². The van der Waals surface area contributed by atoms with Crippen LogP contribution in [-0.4, -0.2) is 40.3 Å². The summed E-state index contributed by atoms with van der Waals surface area (Å²) in [6.45, 7) is 7.51. The van der Waals surface area contributed by atoms with Crippen molar-refractivity contribution in [2.45, 2.75) is 26.3 Å². The molecular weight excluding hydrogens is 226 g/mol. The highest BCUT2D eigenvalue weighted by atomic mass is 15.4. The number of pyridine rings is 1. The molecule has 2 aromatic rings. The van der Waals surface area contributed by atoms with Crippen LogP contribution in [0.1, 0.15) is 18.9 Å². The number of fused-ring (bicyclic) bond motifs is 1. The zero-order chi connectivity index (χ0) is 12.5. The number of hydrogen-bond donors (Lipinski definition) is 1. The van der Waals surface area contributed by atoms with Gasteiger partial charge in [0.05, 0.1) is 6.04 Å². The minimum absolute atomic E-state index is 0.583. The van der Waals surface area contributed by atoms with Gasteiger partial charge in [0, 0.05) is 19.6 Å². The highest BCUT2D eigenvalue weighted by Gasteiger charge is 2.26. The van der Waals surface area contributed by atoms with Gasteiger partial charge in [0.1, 0.15) is 12.1 Å². The molecule has 0 spiro atoms. The summed E-state index contributed by atoms with van der Waals surface area (Å²) in [5.41, 5.74) is 2.16. The monoisotopic (exact) mass is 245 g/mol. The zero-order valence-corrected chi connectivity index (χ0v) is 10.9. The van der Waals surface area contributed by atoms with Crippen molar-refractivity contribution in [1.29, 1.82) is 0 Å². The smallest absolute Gasteiger partial charge is 0.157 e. The van der Waals surface area contributed by atoms with Crippen molar-refractivity contribution in [3.05, 3.63) is 24.0 Å². The maximum atomic E-state index is 4.35. The number of rotatable bonds is 4. The Hall–Kier alpha value is -1.62. The number of aryl methyl sites for hydroxylation is 1. The lowest BCUT2D eigenvalue weighted by atomic mass is 10.1. The summed E-state index contributed by atoms with van der Waals surface area (Å²) in [6, 6.07) is 4.86. The third kappa shape index (κ3) is 1.84. The van der Waals surface area contributed by atoms with Crippen LogP contribution in [0.5, 0.6) is 0 Å². The quantitative estimate of drug-likeness (QED) is 0.880. The van der Waals surface area contributed by atoms with Gasteiger partial charge >= 0.3 is 0 Å². The minimum atomic E-state index is 0.583. The van der Waals surface area contributed by atoms with Gasteiger partial charge in [-0.1, -0.05) is 6.92 Å². The summed E-state index contributed by atoms with van der Waals surface area (Å²) in [7, 11) is 0. The second kappa shape index (κ2) is 4.57. The Bertz CT molecular complexity index is 543. The molecule has 0 atom stereocenters. The molecular formula is C13H19N5. The van der Waals surface area contributed by atoms with Gasteiger partial charge in [-0.3, -0.25) is 0 Å². The van der Waals surface area contributed by atoms with E-state index in [1.165, 1.54) is 5.56 Å². The molecule has 3 rings (SSSR count). The van der Waals surface area contributed by atoms with Crippen LogP contribution in [0, 0.1) is 6.92 Å². The number of hydrogen-bond acceptors (Lipinski definition) is 4. The molecule has 0 bridgehead atoms. The molecule has 5 nitrogen and oxygen atoms in total. The standard InChI is InChI=1S/C13H19N5/c1-3-4-17(11-7-14-8-11)13-6-10(2)5-12-15-9-16-18(12)13/h5-6,9,11,14H,3-4,7-8H2,1-2H3. The van der Waals surface area contributed by atoms with Crippen molar-refractivity contribution < 1.29 is 0 Å². The molecule has 1 saturated heterocycles. The van der Waals surface area contributed by atoms with Gasteiger partial charge in [0.15, 0.2) is 5.65 Å². The summed E-state index contributed by atoms with van der Waals surface area (Å²) in [6.07, 6.45) is 2.77. The molecule has 3 heterocycles. The molecule has 18 heavy (non-hydrogen) atoms. The summed E-state index contributed by atoms with van der Waals surface area (Å²) in [4.78, 5) is 6.75. The third-order valence-corrected chi connectivity index (χ3v) is 3.46. The van der Waals surface area contributed by atoms with E-state index in [0.717, 1.165) is 37.5 Å². The van der Waals surface area contributed by atoms with Crippen molar-refractivity contribution in [2.75, 3.05) is 24.5 Å². The maximum Gasteiger partial charge on any atom is 0.157 e. The molecule has 0 aromatic carbocycles. The maximum absolute atomic E-state index is 4.35. The lowest BCUT2D eigenvalue weighted by Gasteiger charge is -2.39. The predicted molar refractivity (Wildman–Crippen MR) is 72.0 cm³/mol. The Morgan fingerprint density at radius 3 is 2.94 bits per heavy atom. The molecule has 0 amide bonds. The normalized spacial score (nSPS) is 15.9. The molecule has 1 fully saturated rings. The molecule has 1 N–H and O–H groups in total. The summed E-state index contributed by atoms with van der Waals surface area (Å²) in [5, 5.41) is 7.69. The van der Waals surface area contributed by atoms with Gasteiger partial charge in [0.2, 0.25) is 0 Å². The summed E-state index contributed by atoms with van der Waals surface area (Å²) in [5.74, 6) is 1.16. The average molecular weight is 245 g/mol. The van der Waals surface area contributed by atoms with Gasteiger partial charge in [-0.05, 0) is 31.0 Å². The fourth-order valence-electron chi connectivity index (χ4n) is 2.46. The van der Waals surface area contributed by atoms with Crippen molar-refractivity contribution >= 4 is 11.5 Å². The zero-order valence-electron chi connectivity index (χ0n) is 10.9. The van der Waals surface area contributed by atoms with Crippen molar-refractivity contribution in [1.82, 2.24) is 19.9 Å². The molecule has 96 valence electrons. The summed E-state index contributed by atoms with van der Waals surface area (Å²) >= 11 is 0. The van der Waals surface area contributed by atoms with Crippen LogP contribution in [0.3, 0.4) is 0 Å². The first-order valence-electron chi connectivity index (χ1n) is 6.57. The van der Waals surface area contributed by atoms with Gasteiger partial charge in [-0.15, -0.1) is 0 Å². The lowest BCUT2D eigenvalue weighted by molar-refractivity contribution is 0.408. The van der Waals surface area contributed by atoms with Gasteiger partial charge in [0.25, 0.3) is 0 Å². The van der Waals surface area contributed by atoms with E-state index in [1.54, 1.807) is 6.33 Å². The number of aromatic nitrogens is 3. The number of anilines is 1. The van der Waals surface area contributed by atoms with E-state index in [9.17, 15) is 0 Å². The fraction of sp³-hybridized carbons (Fsp3) is 0.538. The van der Waals surface area contributed by atoms with E-state index < -0.39 is 0 Å². The first-order chi connectivity index (χ1) is 8.79. The third-order valence-electron chi connectivity index (χ3n) is 3.46. The first-order valence-corrected chi connectivity index (χ1v) is 6.57. The van der Waals surface area contributed by atoms with Crippen molar-refractivity contribution in [3.63, 3.8) is 0 Å². The Balaban J connectivity index is 2.06. The molecule has 0 radical (unpaired) electrons. The van der Waals surface area contributed by atoms with Crippen LogP contribution in [0.25, 0.3) is 5.65 Å². The van der Waals surface area contributed by atoms with Crippen LogP contribution < -0.4 is 10.2 Å². The van der Waals surface area contributed by atoms with E-state index >= 15 is 0 Å². The van der Waals surface area contributed by atoms with E-state index in [2.05, 4.69) is 46.3 Å². The number of nitrogens with one attached hydrogen (secondary N) is 1. The van der Waals surface area contributed by atoms with Crippen LogP contribution in [0.2, 0.25) is 0 Å². The predicted octanol–water partition coefficient (Wildman–Crippen LogP) is 1.23. The number of nitrogens with zero attached hydrogens (tertiary/aromatic N) is 4. The lowest BCUT2D eigenvalue weighted by Crippen LogP contribution is -2.58. The minimum Gasteiger partial charge on any atom is -0.351 e. The average Bonchev–Trinajstić information content (AvgIpc) is 2.72. The van der Waals surface area contributed by atoms with Gasteiger partial charge in [-0.2, -0.15) is 9.61 Å². The summed E-state index contributed by atoms with van der Waals surface area (Å²) < 4.78 is 1.95. The van der Waals surface area contributed by atoms with E-state index in [0.29, 0.717) is 6.04 Å². The Morgan fingerprint density at radius 1 is 1.44 bits per heavy atom. The van der Waals surface area contributed by atoms with Crippen molar-refractivity contribution in [2.24, 2.45) is 0 Å². The van der Waals surface area contributed by atoms with Crippen molar-refractivity contribution in [3.8, 4) is 0 Å².